The summed E-state index contributed by atoms with van der Waals surface area (Å²) in [5.41, 5.74) is 4.35. The van der Waals surface area contributed by atoms with E-state index >= 15 is 0 Å². The molecule has 0 fully saturated rings. The van der Waals surface area contributed by atoms with Crippen LogP contribution < -0.4 is 5.19 Å². The number of allylic oxidation sites excluding steroid dienone is 4. The van der Waals surface area contributed by atoms with Gasteiger partial charge in [0.1, 0.15) is 0 Å². The molecule has 1 aromatic carbocycles. The van der Waals surface area contributed by atoms with Crippen LogP contribution in [-0.2, 0) is 13.4 Å². The summed E-state index contributed by atoms with van der Waals surface area (Å²) in [5, 5.41) is 1.48. The Bertz CT molecular complexity index is 688. The molecule has 0 radical (unpaired) electrons. The van der Waals surface area contributed by atoms with Crippen LogP contribution in [0.4, 0.5) is 0 Å². The summed E-state index contributed by atoms with van der Waals surface area (Å²) < 4.78 is -0.264. The molecular formula is C19H25Cl3SiTi. The second kappa shape index (κ2) is 6.91. The number of halogens is 3. The number of hydrogen-bond donors (Lipinski definition) is 0. The van der Waals surface area contributed by atoms with E-state index in [4.69, 9.17) is 27.9 Å². The Labute approximate surface area is 162 Å². The minimum absolute atomic E-state index is 0.264. The van der Waals surface area contributed by atoms with E-state index in [9.17, 15) is 0 Å². The fraction of sp³-hybridized carbons (Fsp3) is 0.474. The van der Waals surface area contributed by atoms with Gasteiger partial charge in [-0.25, -0.2) is 0 Å². The predicted octanol–water partition coefficient (Wildman–Crippen LogP) is 7.21. The zero-order valence-corrected chi connectivity index (χ0v) is 19.5. The first-order chi connectivity index (χ1) is 11.2. The Morgan fingerprint density at radius 1 is 1.04 bits per heavy atom. The molecule has 0 saturated heterocycles. The van der Waals surface area contributed by atoms with Crippen molar-refractivity contribution < 1.29 is 13.4 Å². The van der Waals surface area contributed by atoms with Crippen LogP contribution in [0.15, 0.2) is 53.1 Å². The zero-order chi connectivity index (χ0) is 17.6. The maximum absolute atomic E-state index is 6.73. The maximum atomic E-state index is 6.73. The Morgan fingerprint density at radius 2 is 1.67 bits per heavy atom. The van der Waals surface area contributed by atoms with Crippen LogP contribution >= 0.6 is 27.9 Å². The molecule has 2 aliphatic carbocycles. The molecule has 0 aliphatic heterocycles. The van der Waals surface area contributed by atoms with Crippen LogP contribution in [0, 0.1) is 0 Å². The molecule has 5 heteroatoms. The first-order valence-electron chi connectivity index (χ1n) is 8.72. The summed E-state index contributed by atoms with van der Waals surface area (Å²) in [7, 11) is 18.6. The molecule has 130 valence electrons. The molecule has 1 atom stereocenters. The Balaban J connectivity index is 1.98. The monoisotopic (exact) mass is 434 g/mol. The number of benzene rings is 1. The van der Waals surface area contributed by atoms with E-state index in [0.717, 1.165) is 18.9 Å². The summed E-state index contributed by atoms with van der Waals surface area (Å²) in [4.78, 5) is 0. The van der Waals surface area contributed by atoms with E-state index in [-0.39, 0.29) is 3.72 Å². The SMILES string of the molecule is C[C]1([Ti]([Cl])([Cl])[Cl])C(C[Si](C)(C)c2ccccc2)=CC2=C1CCCC2. The van der Waals surface area contributed by atoms with Crippen molar-refractivity contribution in [3.8, 4) is 0 Å². The van der Waals surface area contributed by atoms with Crippen molar-refractivity contribution in [3.05, 3.63) is 53.1 Å². The molecule has 0 amide bonds. The van der Waals surface area contributed by atoms with Gasteiger partial charge < -0.3 is 0 Å². The average molecular weight is 436 g/mol. The van der Waals surface area contributed by atoms with Crippen molar-refractivity contribution in [1.29, 1.82) is 0 Å². The van der Waals surface area contributed by atoms with E-state index in [2.05, 4.69) is 56.4 Å². The molecule has 0 saturated carbocycles. The summed E-state index contributed by atoms with van der Waals surface area (Å²) >= 11 is -3.47. The van der Waals surface area contributed by atoms with Gasteiger partial charge in [0.05, 0.1) is 0 Å². The molecule has 1 unspecified atom stereocenters. The third-order valence-electron chi connectivity index (χ3n) is 5.86. The summed E-state index contributed by atoms with van der Waals surface area (Å²) in [6.07, 6.45) is 7.19. The van der Waals surface area contributed by atoms with Gasteiger partial charge in [-0.2, -0.15) is 0 Å². The number of rotatable bonds is 4. The standard InChI is InChI=1S/C19H25Si.3ClH.Ti/c1-15-17(13-16-9-7-8-12-19(15)16)14-20(2,3)18-10-5-4-6-11-18;;;;/h4-6,10-11,13H,7-9,12,14H2,1-3H3;3*1H;/q;;;;+3/p-3. The van der Waals surface area contributed by atoms with Crippen LogP contribution in [0.5, 0.6) is 0 Å². The van der Waals surface area contributed by atoms with Crippen LogP contribution in [0.3, 0.4) is 0 Å². The van der Waals surface area contributed by atoms with Crippen molar-refractivity contribution in [2.24, 2.45) is 0 Å². The van der Waals surface area contributed by atoms with E-state index in [0.29, 0.717) is 0 Å². The van der Waals surface area contributed by atoms with Crippen molar-refractivity contribution in [1.82, 2.24) is 0 Å². The quantitative estimate of drug-likeness (QED) is 0.438. The normalized spacial score (nSPS) is 24.8. The van der Waals surface area contributed by atoms with Crippen LogP contribution in [-0.4, -0.2) is 8.07 Å². The fourth-order valence-electron chi connectivity index (χ4n) is 4.26. The van der Waals surface area contributed by atoms with E-state index < -0.39 is 21.5 Å². The first kappa shape index (κ1) is 19.3. The molecule has 0 aromatic heterocycles. The second-order valence-electron chi connectivity index (χ2n) is 7.93. The van der Waals surface area contributed by atoms with Gasteiger partial charge in [0, 0.05) is 0 Å². The molecule has 0 spiro atoms. The van der Waals surface area contributed by atoms with Gasteiger partial charge >= 0.3 is 163 Å². The third-order valence-corrected chi connectivity index (χ3v) is 16.4. The van der Waals surface area contributed by atoms with Gasteiger partial charge in [-0.3, -0.25) is 0 Å². The molecule has 3 rings (SSSR count). The Morgan fingerprint density at radius 3 is 2.29 bits per heavy atom. The number of hydrogen-bond acceptors (Lipinski definition) is 0. The summed E-state index contributed by atoms with van der Waals surface area (Å²) in [5.74, 6) is 0. The molecule has 2 aliphatic rings. The van der Waals surface area contributed by atoms with Crippen LogP contribution in [0.2, 0.25) is 22.9 Å². The third kappa shape index (κ3) is 3.38. The first-order valence-corrected chi connectivity index (χ1v) is 19.2. The average Bonchev–Trinajstić information content (AvgIpc) is 2.81. The molecule has 24 heavy (non-hydrogen) atoms. The zero-order valence-electron chi connectivity index (χ0n) is 14.6. The molecule has 0 N–H and O–H groups in total. The van der Waals surface area contributed by atoms with Crippen molar-refractivity contribution >= 4 is 41.2 Å². The molecule has 0 heterocycles. The van der Waals surface area contributed by atoms with E-state index in [1.54, 1.807) is 0 Å². The summed E-state index contributed by atoms with van der Waals surface area (Å²) in [6, 6.07) is 12.0. The Hall–Kier alpha value is 0.501. The van der Waals surface area contributed by atoms with E-state index in [1.165, 1.54) is 34.7 Å². The fourth-order valence-corrected chi connectivity index (χ4v) is 12.0. The van der Waals surface area contributed by atoms with Crippen molar-refractivity contribution in [2.45, 2.75) is 55.5 Å². The van der Waals surface area contributed by atoms with E-state index in [1.807, 2.05) is 0 Å². The van der Waals surface area contributed by atoms with Crippen LogP contribution in [0.1, 0.15) is 32.6 Å². The van der Waals surface area contributed by atoms with Gasteiger partial charge in [-0.05, 0) is 0 Å². The van der Waals surface area contributed by atoms with Gasteiger partial charge in [-0.15, -0.1) is 0 Å². The van der Waals surface area contributed by atoms with Gasteiger partial charge in [0.25, 0.3) is 0 Å². The molecule has 0 nitrogen and oxygen atoms in total. The second-order valence-corrected chi connectivity index (χ2v) is 25.2. The summed E-state index contributed by atoms with van der Waals surface area (Å²) in [6.45, 7) is 7.10. The van der Waals surface area contributed by atoms with Gasteiger partial charge in [0.2, 0.25) is 0 Å². The molecular weight excluding hydrogens is 411 g/mol. The van der Waals surface area contributed by atoms with Gasteiger partial charge in [-0.1, -0.05) is 0 Å². The van der Waals surface area contributed by atoms with Crippen molar-refractivity contribution in [2.75, 3.05) is 0 Å². The van der Waals surface area contributed by atoms with Gasteiger partial charge in [0.15, 0.2) is 0 Å². The molecule has 1 aromatic rings. The Kier molecular flexibility index (Phi) is 5.55. The predicted molar refractivity (Wildman–Crippen MR) is 108 cm³/mol. The van der Waals surface area contributed by atoms with Crippen molar-refractivity contribution in [3.63, 3.8) is 0 Å². The molecule has 0 bridgehead atoms. The minimum atomic E-state index is -3.47. The van der Waals surface area contributed by atoms with Crippen LogP contribution in [0.25, 0.3) is 0 Å². The topological polar surface area (TPSA) is 0 Å².